The first-order valence-electron chi connectivity index (χ1n) is 10.6. The van der Waals surface area contributed by atoms with Gasteiger partial charge < -0.3 is 14.9 Å². The molecule has 0 aliphatic carbocycles. The molecular formula is C25H32N2O3Si. The van der Waals surface area contributed by atoms with Crippen LogP contribution < -0.4 is 20.2 Å². The zero-order valence-electron chi connectivity index (χ0n) is 19.3. The van der Waals surface area contributed by atoms with Crippen LogP contribution in [0.4, 0.5) is 11.4 Å². The van der Waals surface area contributed by atoms with Gasteiger partial charge in [0.1, 0.15) is 8.07 Å². The highest BCUT2D eigenvalue weighted by atomic mass is 28.3. The van der Waals surface area contributed by atoms with Crippen LogP contribution in [-0.4, -0.2) is 53.1 Å². The summed E-state index contributed by atoms with van der Waals surface area (Å²) in [5.41, 5.74) is 4.72. The van der Waals surface area contributed by atoms with Crippen LogP contribution in [0.2, 0.25) is 13.1 Å². The number of unbranched alkanes of at least 4 members (excludes halogenated alkanes) is 1. The van der Waals surface area contributed by atoms with Crippen LogP contribution in [0.25, 0.3) is 6.08 Å². The monoisotopic (exact) mass is 436 g/mol. The molecule has 0 atom stereocenters. The summed E-state index contributed by atoms with van der Waals surface area (Å²) in [6.07, 6.45) is 5.40. The number of hydrogen-bond acceptors (Lipinski definition) is 4. The number of hydrogen-bond donors (Lipinski definition) is 1. The number of carbonyl (C=O) groups is 2. The highest BCUT2D eigenvalue weighted by molar-refractivity contribution is 7.02. The van der Waals surface area contributed by atoms with Gasteiger partial charge in [0, 0.05) is 57.1 Å². The fraction of sp³-hybridized carbons (Fsp3) is 0.360. The molecule has 5 nitrogen and oxygen atoms in total. The van der Waals surface area contributed by atoms with Crippen LogP contribution >= 0.6 is 0 Å². The number of aliphatic carboxylic acids is 1. The highest BCUT2D eigenvalue weighted by Gasteiger charge is 2.40. The average Bonchev–Trinajstić information content (AvgIpc) is 2.70. The van der Waals surface area contributed by atoms with Crippen molar-refractivity contribution < 1.29 is 14.7 Å². The first kappa shape index (κ1) is 22.8. The van der Waals surface area contributed by atoms with E-state index in [0.717, 1.165) is 33.3 Å². The van der Waals surface area contributed by atoms with Gasteiger partial charge in [0.15, 0.2) is 5.78 Å². The van der Waals surface area contributed by atoms with E-state index < -0.39 is 14.0 Å². The summed E-state index contributed by atoms with van der Waals surface area (Å²) in [6, 6.07) is 10.4. The number of anilines is 2. The summed E-state index contributed by atoms with van der Waals surface area (Å²) >= 11 is 0. The molecule has 3 rings (SSSR count). The van der Waals surface area contributed by atoms with Crippen LogP contribution in [0.1, 0.15) is 40.7 Å². The van der Waals surface area contributed by atoms with E-state index in [4.69, 9.17) is 5.11 Å². The average molecular weight is 437 g/mol. The molecule has 1 heterocycles. The number of allylic oxidation sites excluding steroid dienone is 1. The summed E-state index contributed by atoms with van der Waals surface area (Å²) in [5.74, 6) is -0.699. The predicted molar refractivity (Wildman–Crippen MR) is 132 cm³/mol. The second-order valence-electron chi connectivity index (χ2n) is 9.12. The van der Waals surface area contributed by atoms with Gasteiger partial charge in [-0.15, -0.1) is 0 Å². The maximum absolute atomic E-state index is 13.6. The topological polar surface area (TPSA) is 60.9 Å². The number of rotatable bonds is 7. The second kappa shape index (κ2) is 8.71. The molecule has 0 amide bonds. The van der Waals surface area contributed by atoms with Crippen molar-refractivity contribution in [3.63, 3.8) is 0 Å². The van der Waals surface area contributed by atoms with E-state index in [1.807, 2.05) is 52.5 Å². The van der Waals surface area contributed by atoms with Crippen molar-refractivity contribution in [2.45, 2.75) is 32.4 Å². The summed E-state index contributed by atoms with van der Waals surface area (Å²) in [6.45, 7) is 4.63. The van der Waals surface area contributed by atoms with Crippen molar-refractivity contribution in [2.75, 3.05) is 38.0 Å². The van der Waals surface area contributed by atoms with Gasteiger partial charge in [0.25, 0.3) is 0 Å². The molecule has 0 spiro atoms. The van der Waals surface area contributed by atoms with Crippen molar-refractivity contribution >= 4 is 47.7 Å². The van der Waals surface area contributed by atoms with Crippen molar-refractivity contribution in [3.8, 4) is 0 Å². The van der Waals surface area contributed by atoms with Crippen LogP contribution in [0.3, 0.4) is 0 Å². The highest BCUT2D eigenvalue weighted by Crippen LogP contribution is 2.29. The lowest BCUT2D eigenvalue weighted by Gasteiger charge is -2.35. The second-order valence-corrected chi connectivity index (χ2v) is 13.4. The molecule has 0 aromatic heterocycles. The summed E-state index contributed by atoms with van der Waals surface area (Å²) < 4.78 is 0. The predicted octanol–water partition coefficient (Wildman–Crippen LogP) is 3.45. The third-order valence-corrected chi connectivity index (χ3v) is 9.57. The lowest BCUT2D eigenvalue weighted by molar-refractivity contribution is -0.137. The van der Waals surface area contributed by atoms with Crippen LogP contribution in [0, 0.1) is 0 Å². The third kappa shape index (κ3) is 4.44. The minimum absolute atomic E-state index is 0.0811. The number of benzene rings is 2. The quantitative estimate of drug-likeness (QED) is 0.532. The number of fused-ring (bicyclic) bond motifs is 2. The maximum atomic E-state index is 13.6. The van der Waals surface area contributed by atoms with Crippen molar-refractivity contribution in [1.82, 2.24) is 0 Å². The Morgan fingerprint density at radius 1 is 1.00 bits per heavy atom. The van der Waals surface area contributed by atoms with Gasteiger partial charge >= 0.3 is 5.97 Å². The van der Waals surface area contributed by atoms with E-state index in [2.05, 4.69) is 41.1 Å². The number of carboxylic acid groups (broad SMARTS) is 1. The van der Waals surface area contributed by atoms with E-state index in [1.54, 1.807) is 0 Å². The van der Waals surface area contributed by atoms with Gasteiger partial charge in [-0.3, -0.25) is 9.59 Å². The Morgan fingerprint density at radius 2 is 1.65 bits per heavy atom. The summed E-state index contributed by atoms with van der Waals surface area (Å²) in [4.78, 5) is 28.6. The Hall–Kier alpha value is -2.86. The molecule has 0 unspecified atom stereocenters. The Bertz CT molecular complexity index is 1050. The minimum Gasteiger partial charge on any atom is -0.481 e. The minimum atomic E-state index is -2.11. The van der Waals surface area contributed by atoms with Crippen molar-refractivity contribution in [1.29, 1.82) is 0 Å². The van der Waals surface area contributed by atoms with E-state index in [1.165, 1.54) is 5.19 Å². The molecule has 1 N–H and O–H groups in total. The molecule has 2 aromatic rings. The maximum Gasteiger partial charge on any atom is 0.303 e. The van der Waals surface area contributed by atoms with E-state index in [-0.39, 0.29) is 12.2 Å². The smallest absolute Gasteiger partial charge is 0.303 e. The summed E-state index contributed by atoms with van der Waals surface area (Å²) in [7, 11) is 5.95. The lowest BCUT2D eigenvalue weighted by atomic mass is 9.95. The number of nitrogens with zero attached hydrogens (tertiary/aromatic N) is 2. The van der Waals surface area contributed by atoms with E-state index in [0.29, 0.717) is 12.8 Å². The van der Waals surface area contributed by atoms with Crippen LogP contribution in [0.15, 0.2) is 36.4 Å². The molecular weight excluding hydrogens is 404 g/mol. The third-order valence-electron chi connectivity index (χ3n) is 6.07. The first-order chi connectivity index (χ1) is 14.5. The van der Waals surface area contributed by atoms with Crippen LogP contribution in [0.5, 0.6) is 0 Å². The normalized spacial score (nSPS) is 14.3. The number of ketones is 1. The SMILES string of the molecule is CN(C)c1ccc2c(c1)[Si](C)(C)c1cc(N(C)C)cc(/C=C/CCCC(=O)O)c1C2=O. The number of carboxylic acids is 1. The zero-order valence-corrected chi connectivity index (χ0v) is 20.3. The fourth-order valence-electron chi connectivity index (χ4n) is 4.17. The molecule has 0 fully saturated rings. The standard InChI is InChI=1S/C25H32N2O3Si/c1-26(2)18-12-13-20-21(15-18)31(5,6)22-16-19(27(3)4)14-17(24(22)25(20)30)10-8-7-9-11-23(28)29/h8,10,12-16H,7,9,11H2,1-6H3,(H,28,29)/b10-8+. The van der Waals surface area contributed by atoms with E-state index in [9.17, 15) is 9.59 Å². The largest absolute Gasteiger partial charge is 0.481 e. The Labute approximate surface area is 186 Å². The molecule has 1 aliphatic heterocycles. The Balaban J connectivity index is 2.13. The van der Waals surface area contributed by atoms with E-state index >= 15 is 0 Å². The van der Waals surface area contributed by atoms with Gasteiger partial charge in [-0.1, -0.05) is 25.2 Å². The lowest BCUT2D eigenvalue weighted by Crippen LogP contribution is -2.60. The molecule has 0 saturated heterocycles. The Kier molecular flexibility index (Phi) is 6.41. The van der Waals surface area contributed by atoms with Gasteiger partial charge in [-0.25, -0.2) is 0 Å². The van der Waals surface area contributed by atoms with Crippen molar-refractivity contribution in [3.05, 3.63) is 53.1 Å². The van der Waals surface area contributed by atoms with Crippen molar-refractivity contribution in [2.24, 2.45) is 0 Å². The number of carbonyl (C=O) groups excluding carboxylic acids is 1. The summed E-state index contributed by atoms with van der Waals surface area (Å²) in [5, 5.41) is 11.2. The molecule has 6 heteroatoms. The molecule has 0 saturated carbocycles. The molecule has 1 aliphatic rings. The van der Waals surface area contributed by atoms with Gasteiger partial charge in [0.05, 0.1) is 0 Å². The molecule has 2 aromatic carbocycles. The van der Waals surface area contributed by atoms with Gasteiger partial charge in [-0.05, 0) is 59.1 Å². The van der Waals surface area contributed by atoms with Crippen LogP contribution in [-0.2, 0) is 4.79 Å². The molecule has 0 radical (unpaired) electrons. The molecule has 164 valence electrons. The zero-order chi connectivity index (χ0) is 22.9. The van der Waals surface area contributed by atoms with Gasteiger partial charge in [-0.2, -0.15) is 0 Å². The van der Waals surface area contributed by atoms with Gasteiger partial charge in [0.2, 0.25) is 0 Å². The Morgan fingerprint density at radius 3 is 2.26 bits per heavy atom. The molecule has 31 heavy (non-hydrogen) atoms. The first-order valence-corrected chi connectivity index (χ1v) is 13.6. The molecule has 0 bridgehead atoms. The fourth-order valence-corrected chi connectivity index (χ4v) is 7.23.